The van der Waals surface area contributed by atoms with Crippen molar-refractivity contribution in [3.63, 3.8) is 0 Å². The maximum absolute atomic E-state index is 12.0. The van der Waals surface area contributed by atoms with E-state index in [-0.39, 0.29) is 23.0 Å². The lowest BCUT2D eigenvalue weighted by molar-refractivity contribution is 0.318. The van der Waals surface area contributed by atoms with E-state index >= 15 is 0 Å². The summed E-state index contributed by atoms with van der Waals surface area (Å²) in [5, 5.41) is 17.5. The molecule has 0 atom stereocenters. The van der Waals surface area contributed by atoms with Crippen molar-refractivity contribution in [1.82, 2.24) is 10.2 Å². The van der Waals surface area contributed by atoms with Gasteiger partial charge < -0.3 is 10.9 Å². The summed E-state index contributed by atoms with van der Waals surface area (Å²) in [5.41, 5.74) is 6.23. The number of sulfonamides is 1. The summed E-state index contributed by atoms with van der Waals surface area (Å²) in [7, 11) is -3.64. The molecule has 0 bridgehead atoms. The van der Waals surface area contributed by atoms with Gasteiger partial charge in [-0.25, -0.2) is 8.42 Å². The van der Waals surface area contributed by atoms with Crippen LogP contribution in [0.2, 0.25) is 0 Å². The molecular weight excluding hydrogens is 282 g/mol. The van der Waals surface area contributed by atoms with E-state index in [1.807, 2.05) is 0 Å². The first kappa shape index (κ1) is 13.9. The maximum Gasteiger partial charge on any atom is 0.238 e. The van der Waals surface area contributed by atoms with Crippen molar-refractivity contribution in [2.45, 2.75) is 5.75 Å². The maximum atomic E-state index is 12.0. The second-order valence-electron chi connectivity index (χ2n) is 3.99. The van der Waals surface area contributed by atoms with Gasteiger partial charge in [-0.1, -0.05) is 35.5 Å². The summed E-state index contributed by atoms with van der Waals surface area (Å²) >= 11 is 0. The van der Waals surface area contributed by atoms with Crippen LogP contribution in [-0.2, 0) is 15.8 Å². The monoisotopic (exact) mass is 295 g/mol. The predicted molar refractivity (Wildman–Crippen MR) is 73.8 cm³/mol. The lowest BCUT2D eigenvalue weighted by atomic mass is 10.2. The van der Waals surface area contributed by atoms with Crippen molar-refractivity contribution in [3.05, 3.63) is 47.7 Å². The number of nitrogens with zero attached hydrogens (tertiary/aromatic N) is 2. The highest BCUT2D eigenvalue weighted by molar-refractivity contribution is 7.91. The summed E-state index contributed by atoms with van der Waals surface area (Å²) < 4.78 is 26.4. The Hall–Kier alpha value is -2.55. The summed E-state index contributed by atoms with van der Waals surface area (Å²) in [6.07, 6.45) is 1.26. The number of aromatic amines is 1. The van der Waals surface area contributed by atoms with E-state index in [1.54, 1.807) is 30.3 Å². The van der Waals surface area contributed by atoms with Gasteiger partial charge in [0.15, 0.2) is 5.84 Å². The molecule has 1 heterocycles. The van der Waals surface area contributed by atoms with Gasteiger partial charge in [0.25, 0.3) is 0 Å². The van der Waals surface area contributed by atoms with Crippen LogP contribution in [0, 0.1) is 0 Å². The van der Waals surface area contributed by atoms with Crippen molar-refractivity contribution in [2.24, 2.45) is 10.9 Å². The van der Waals surface area contributed by atoms with Crippen LogP contribution < -0.4 is 10.5 Å². The molecule has 5 N–H and O–H groups in total. The van der Waals surface area contributed by atoms with Crippen LogP contribution in [0.25, 0.3) is 0 Å². The van der Waals surface area contributed by atoms with Gasteiger partial charge in [-0.3, -0.25) is 9.82 Å². The molecule has 0 fully saturated rings. The molecule has 0 aliphatic rings. The molecule has 0 saturated carbocycles. The number of amidine groups is 1. The molecule has 20 heavy (non-hydrogen) atoms. The molecule has 106 valence electrons. The van der Waals surface area contributed by atoms with Crippen LogP contribution in [0.3, 0.4) is 0 Å². The van der Waals surface area contributed by atoms with Gasteiger partial charge >= 0.3 is 0 Å². The Morgan fingerprint density at radius 1 is 1.40 bits per heavy atom. The van der Waals surface area contributed by atoms with Crippen LogP contribution in [0.15, 0.2) is 41.7 Å². The van der Waals surface area contributed by atoms with E-state index in [1.165, 1.54) is 6.20 Å². The third-order valence-corrected chi connectivity index (χ3v) is 3.71. The number of hydrogen-bond donors (Lipinski definition) is 4. The minimum atomic E-state index is -3.64. The summed E-state index contributed by atoms with van der Waals surface area (Å²) in [6.45, 7) is 0. The number of hydrogen-bond acceptors (Lipinski definition) is 5. The fourth-order valence-corrected chi connectivity index (χ4v) is 2.77. The second kappa shape index (κ2) is 5.61. The SMILES string of the molecule is NC(=NO)c1cn[nH]c1NS(=O)(=O)Cc1ccccc1. The molecule has 1 aromatic carbocycles. The van der Waals surface area contributed by atoms with Gasteiger partial charge in [0, 0.05) is 0 Å². The molecule has 0 amide bonds. The summed E-state index contributed by atoms with van der Waals surface area (Å²) in [4.78, 5) is 0. The minimum Gasteiger partial charge on any atom is -0.409 e. The van der Waals surface area contributed by atoms with Crippen LogP contribution >= 0.6 is 0 Å². The standard InChI is InChI=1S/C11H13N5O3S/c12-10(15-17)9-6-13-14-11(9)16-20(18,19)7-8-4-2-1-3-5-8/h1-6,17H,7H2,(H2,12,15)(H2,13,14,16). The highest BCUT2D eigenvalue weighted by atomic mass is 32.2. The Morgan fingerprint density at radius 3 is 2.75 bits per heavy atom. The zero-order valence-electron chi connectivity index (χ0n) is 10.3. The fraction of sp³-hybridized carbons (Fsp3) is 0.0909. The van der Waals surface area contributed by atoms with Gasteiger partial charge in [0.05, 0.1) is 17.5 Å². The number of aromatic nitrogens is 2. The number of oxime groups is 1. The first-order valence-corrected chi connectivity index (χ1v) is 7.23. The third-order valence-electron chi connectivity index (χ3n) is 2.48. The Kier molecular flexibility index (Phi) is 3.89. The Bertz CT molecular complexity index is 709. The van der Waals surface area contributed by atoms with Gasteiger partial charge in [0.2, 0.25) is 10.0 Å². The molecule has 2 aromatic rings. The Morgan fingerprint density at radius 2 is 2.10 bits per heavy atom. The van der Waals surface area contributed by atoms with Gasteiger partial charge in [-0.2, -0.15) is 5.10 Å². The molecule has 0 unspecified atom stereocenters. The molecule has 2 rings (SSSR count). The average molecular weight is 295 g/mol. The number of nitrogens with two attached hydrogens (primary N) is 1. The van der Waals surface area contributed by atoms with E-state index in [9.17, 15) is 8.42 Å². The number of H-pyrrole nitrogens is 1. The molecule has 0 radical (unpaired) electrons. The Labute approximate surface area is 115 Å². The van der Waals surface area contributed by atoms with Gasteiger partial charge in [0.1, 0.15) is 5.82 Å². The van der Waals surface area contributed by atoms with E-state index in [0.29, 0.717) is 5.56 Å². The molecule has 8 nitrogen and oxygen atoms in total. The number of anilines is 1. The molecule has 0 aliphatic carbocycles. The zero-order valence-corrected chi connectivity index (χ0v) is 11.1. The van der Waals surface area contributed by atoms with E-state index in [2.05, 4.69) is 20.1 Å². The van der Waals surface area contributed by atoms with Crippen molar-refractivity contribution in [2.75, 3.05) is 4.72 Å². The Balaban J connectivity index is 2.19. The van der Waals surface area contributed by atoms with E-state index in [4.69, 9.17) is 10.9 Å². The van der Waals surface area contributed by atoms with Crippen LogP contribution in [0.4, 0.5) is 5.82 Å². The smallest absolute Gasteiger partial charge is 0.238 e. The quantitative estimate of drug-likeness (QED) is 0.275. The van der Waals surface area contributed by atoms with Crippen LogP contribution in [-0.4, -0.2) is 29.7 Å². The van der Waals surface area contributed by atoms with Crippen molar-refractivity contribution < 1.29 is 13.6 Å². The van der Waals surface area contributed by atoms with Gasteiger partial charge in [-0.05, 0) is 5.56 Å². The zero-order chi connectivity index (χ0) is 14.6. The van der Waals surface area contributed by atoms with E-state index in [0.717, 1.165) is 0 Å². The predicted octanol–water partition coefficient (Wildman–Crippen LogP) is 0.446. The number of nitrogens with one attached hydrogen (secondary N) is 2. The highest BCUT2D eigenvalue weighted by Crippen LogP contribution is 2.14. The lowest BCUT2D eigenvalue weighted by Gasteiger charge is -2.07. The highest BCUT2D eigenvalue weighted by Gasteiger charge is 2.17. The number of benzene rings is 1. The first-order valence-electron chi connectivity index (χ1n) is 5.57. The lowest BCUT2D eigenvalue weighted by Crippen LogP contribution is -2.19. The third kappa shape index (κ3) is 3.26. The average Bonchev–Trinajstić information content (AvgIpc) is 2.85. The summed E-state index contributed by atoms with van der Waals surface area (Å²) in [5.74, 6) is -0.380. The second-order valence-corrected chi connectivity index (χ2v) is 5.71. The topological polar surface area (TPSA) is 133 Å². The van der Waals surface area contributed by atoms with Crippen molar-refractivity contribution in [3.8, 4) is 0 Å². The van der Waals surface area contributed by atoms with Gasteiger partial charge in [-0.15, -0.1) is 0 Å². The van der Waals surface area contributed by atoms with Crippen LogP contribution in [0.5, 0.6) is 0 Å². The molecular formula is C11H13N5O3S. The van der Waals surface area contributed by atoms with Crippen molar-refractivity contribution >= 4 is 21.7 Å². The first-order chi connectivity index (χ1) is 9.52. The molecule has 0 saturated heterocycles. The largest absolute Gasteiger partial charge is 0.409 e. The fourth-order valence-electron chi connectivity index (χ4n) is 1.60. The normalized spacial score (nSPS) is 12.3. The molecule has 9 heteroatoms. The van der Waals surface area contributed by atoms with Crippen molar-refractivity contribution in [1.29, 1.82) is 0 Å². The summed E-state index contributed by atoms with van der Waals surface area (Å²) in [6, 6.07) is 8.72. The molecule has 1 aromatic heterocycles. The van der Waals surface area contributed by atoms with Crippen LogP contribution in [0.1, 0.15) is 11.1 Å². The number of rotatable bonds is 5. The molecule has 0 spiro atoms. The minimum absolute atomic E-state index is 0.0521. The van der Waals surface area contributed by atoms with E-state index < -0.39 is 10.0 Å². The molecule has 0 aliphatic heterocycles.